The minimum Gasteiger partial charge on any atom is -0.329 e. The number of nitrogens with two attached hydrogens (primary N) is 1. The summed E-state index contributed by atoms with van der Waals surface area (Å²) in [5.74, 6) is 0. The molecular weight excluding hydrogens is 256 g/mol. The second kappa shape index (κ2) is 5.86. The molecule has 0 radical (unpaired) electrons. The standard InChI is InChI=1S/C11H18N2O2S2/c1-9(8-12)13(2)17(14,15)11-7-5-4-6-10(11)16-3/h4-7,9H,8,12H2,1-3H3. The molecule has 0 saturated heterocycles. The Morgan fingerprint density at radius 3 is 2.53 bits per heavy atom. The fourth-order valence-electron chi connectivity index (χ4n) is 1.37. The molecule has 0 aliphatic heterocycles. The summed E-state index contributed by atoms with van der Waals surface area (Å²) in [6.07, 6.45) is 1.86. The Morgan fingerprint density at radius 1 is 1.41 bits per heavy atom. The smallest absolute Gasteiger partial charge is 0.244 e. The molecule has 0 spiro atoms. The van der Waals surface area contributed by atoms with Crippen molar-refractivity contribution in [3.05, 3.63) is 24.3 Å². The van der Waals surface area contributed by atoms with Crippen LogP contribution in [-0.4, -0.2) is 38.6 Å². The van der Waals surface area contributed by atoms with E-state index in [1.54, 1.807) is 32.2 Å². The summed E-state index contributed by atoms with van der Waals surface area (Å²) in [7, 11) is -1.90. The molecule has 1 rings (SSSR count). The molecule has 1 aromatic rings. The minimum absolute atomic E-state index is 0.213. The van der Waals surface area contributed by atoms with E-state index in [9.17, 15) is 8.42 Å². The van der Waals surface area contributed by atoms with Gasteiger partial charge in [-0.3, -0.25) is 0 Å². The number of thioether (sulfide) groups is 1. The van der Waals surface area contributed by atoms with Crippen LogP contribution in [0.4, 0.5) is 0 Å². The molecule has 6 heteroatoms. The van der Waals surface area contributed by atoms with E-state index in [2.05, 4.69) is 0 Å². The van der Waals surface area contributed by atoms with E-state index >= 15 is 0 Å². The van der Waals surface area contributed by atoms with Gasteiger partial charge in [0.1, 0.15) is 0 Å². The van der Waals surface area contributed by atoms with Gasteiger partial charge in [-0.15, -0.1) is 11.8 Å². The van der Waals surface area contributed by atoms with Crippen molar-refractivity contribution in [1.29, 1.82) is 0 Å². The molecule has 96 valence electrons. The highest BCUT2D eigenvalue weighted by Gasteiger charge is 2.26. The number of rotatable bonds is 5. The Hall–Kier alpha value is -0.560. The fraction of sp³-hybridized carbons (Fsp3) is 0.455. The molecule has 0 aromatic heterocycles. The molecule has 0 saturated carbocycles. The van der Waals surface area contributed by atoms with E-state index in [4.69, 9.17) is 5.73 Å². The molecule has 2 N–H and O–H groups in total. The van der Waals surface area contributed by atoms with Crippen LogP contribution in [-0.2, 0) is 10.0 Å². The van der Waals surface area contributed by atoms with E-state index < -0.39 is 10.0 Å². The van der Waals surface area contributed by atoms with Gasteiger partial charge in [-0.2, -0.15) is 4.31 Å². The third kappa shape index (κ3) is 3.01. The quantitative estimate of drug-likeness (QED) is 0.824. The van der Waals surface area contributed by atoms with E-state index in [0.29, 0.717) is 11.4 Å². The lowest BCUT2D eigenvalue weighted by Crippen LogP contribution is -2.39. The highest BCUT2D eigenvalue weighted by Crippen LogP contribution is 2.27. The molecule has 1 unspecified atom stereocenters. The van der Waals surface area contributed by atoms with Crippen molar-refractivity contribution in [2.75, 3.05) is 19.8 Å². The lowest BCUT2D eigenvalue weighted by atomic mass is 10.4. The third-order valence-corrected chi connectivity index (χ3v) is 5.64. The zero-order valence-electron chi connectivity index (χ0n) is 10.3. The first-order valence-corrected chi connectivity index (χ1v) is 7.92. The summed E-state index contributed by atoms with van der Waals surface area (Å²) in [5, 5.41) is 0. The Labute approximate surface area is 107 Å². The zero-order chi connectivity index (χ0) is 13.1. The monoisotopic (exact) mass is 274 g/mol. The first-order chi connectivity index (χ1) is 7.95. The molecule has 17 heavy (non-hydrogen) atoms. The second-order valence-electron chi connectivity index (χ2n) is 3.76. The van der Waals surface area contributed by atoms with Crippen molar-refractivity contribution in [2.45, 2.75) is 22.8 Å². The Bertz CT molecular complexity index is 474. The third-order valence-electron chi connectivity index (χ3n) is 2.69. The predicted octanol–water partition coefficient (Wildman–Crippen LogP) is 1.38. The van der Waals surface area contributed by atoms with Crippen molar-refractivity contribution >= 4 is 21.8 Å². The summed E-state index contributed by atoms with van der Waals surface area (Å²) >= 11 is 1.42. The maximum atomic E-state index is 12.4. The number of sulfonamides is 1. The summed E-state index contributed by atoms with van der Waals surface area (Å²) in [6.45, 7) is 2.09. The van der Waals surface area contributed by atoms with Gasteiger partial charge in [0, 0.05) is 24.5 Å². The number of hydrogen-bond donors (Lipinski definition) is 1. The van der Waals surface area contributed by atoms with Crippen LogP contribution in [0.15, 0.2) is 34.1 Å². The number of hydrogen-bond acceptors (Lipinski definition) is 4. The van der Waals surface area contributed by atoms with Crippen molar-refractivity contribution in [1.82, 2.24) is 4.31 Å². The molecule has 0 aliphatic rings. The maximum absolute atomic E-state index is 12.4. The van der Waals surface area contributed by atoms with Gasteiger partial charge in [-0.1, -0.05) is 12.1 Å². The van der Waals surface area contributed by atoms with Gasteiger partial charge in [0.25, 0.3) is 0 Å². The molecule has 4 nitrogen and oxygen atoms in total. The van der Waals surface area contributed by atoms with E-state index in [-0.39, 0.29) is 6.04 Å². The van der Waals surface area contributed by atoms with E-state index in [1.807, 2.05) is 12.3 Å². The minimum atomic E-state index is -3.46. The molecule has 0 heterocycles. The summed E-state index contributed by atoms with van der Waals surface area (Å²) < 4.78 is 26.1. The number of benzene rings is 1. The SMILES string of the molecule is CSc1ccccc1S(=O)(=O)N(C)C(C)CN. The van der Waals surface area contributed by atoms with Crippen LogP contribution in [0.1, 0.15) is 6.92 Å². The zero-order valence-corrected chi connectivity index (χ0v) is 11.9. The first-order valence-electron chi connectivity index (χ1n) is 5.26. The lowest BCUT2D eigenvalue weighted by molar-refractivity contribution is 0.393. The maximum Gasteiger partial charge on any atom is 0.244 e. The number of likely N-dealkylation sites (N-methyl/N-ethyl adjacent to an activating group) is 1. The highest BCUT2D eigenvalue weighted by atomic mass is 32.2. The van der Waals surface area contributed by atoms with E-state index in [1.165, 1.54) is 16.1 Å². The fourth-order valence-corrected chi connectivity index (χ4v) is 3.87. The lowest BCUT2D eigenvalue weighted by Gasteiger charge is -2.23. The summed E-state index contributed by atoms with van der Waals surface area (Å²) in [5.41, 5.74) is 5.51. The summed E-state index contributed by atoms with van der Waals surface area (Å²) in [6, 6.07) is 6.78. The van der Waals surface area contributed by atoms with Gasteiger partial charge >= 0.3 is 0 Å². The molecule has 1 atom stereocenters. The van der Waals surface area contributed by atoms with Crippen molar-refractivity contribution in [3.8, 4) is 0 Å². The average Bonchev–Trinajstić information content (AvgIpc) is 2.36. The Kier molecular flexibility index (Phi) is 5.00. The largest absolute Gasteiger partial charge is 0.329 e. The van der Waals surface area contributed by atoms with Crippen LogP contribution in [0.3, 0.4) is 0 Å². The molecule has 1 aromatic carbocycles. The molecule has 0 bridgehead atoms. The highest BCUT2D eigenvalue weighted by molar-refractivity contribution is 7.99. The van der Waals surface area contributed by atoms with Gasteiger partial charge in [0.2, 0.25) is 10.0 Å². The number of nitrogens with zero attached hydrogens (tertiary/aromatic N) is 1. The van der Waals surface area contributed by atoms with Gasteiger partial charge < -0.3 is 5.73 Å². The molecule has 0 amide bonds. The van der Waals surface area contributed by atoms with Gasteiger partial charge in [-0.05, 0) is 25.3 Å². The van der Waals surface area contributed by atoms with Crippen LogP contribution in [0.5, 0.6) is 0 Å². The Morgan fingerprint density at radius 2 is 2.00 bits per heavy atom. The van der Waals surface area contributed by atoms with Crippen molar-refractivity contribution < 1.29 is 8.42 Å². The van der Waals surface area contributed by atoms with Crippen LogP contribution < -0.4 is 5.73 Å². The van der Waals surface area contributed by atoms with Gasteiger partial charge in [-0.25, -0.2) is 8.42 Å². The van der Waals surface area contributed by atoms with Crippen LogP contribution in [0, 0.1) is 0 Å². The second-order valence-corrected chi connectivity index (χ2v) is 6.57. The predicted molar refractivity (Wildman–Crippen MR) is 71.7 cm³/mol. The van der Waals surface area contributed by atoms with Crippen LogP contribution in [0.25, 0.3) is 0 Å². The molecule has 0 aliphatic carbocycles. The van der Waals surface area contributed by atoms with Crippen LogP contribution >= 0.6 is 11.8 Å². The average molecular weight is 274 g/mol. The topological polar surface area (TPSA) is 63.4 Å². The first kappa shape index (κ1) is 14.5. The normalized spacial score (nSPS) is 13.9. The van der Waals surface area contributed by atoms with E-state index in [0.717, 1.165) is 4.90 Å². The van der Waals surface area contributed by atoms with Crippen molar-refractivity contribution in [3.63, 3.8) is 0 Å². The van der Waals surface area contributed by atoms with Crippen molar-refractivity contribution in [2.24, 2.45) is 5.73 Å². The summed E-state index contributed by atoms with van der Waals surface area (Å²) in [4.78, 5) is 1.10. The Balaban J connectivity index is 3.22. The van der Waals surface area contributed by atoms with Gasteiger partial charge in [0.05, 0.1) is 4.90 Å². The van der Waals surface area contributed by atoms with Crippen LogP contribution in [0.2, 0.25) is 0 Å². The van der Waals surface area contributed by atoms with Gasteiger partial charge in [0.15, 0.2) is 0 Å². The molecule has 0 fully saturated rings. The molecular formula is C11H18N2O2S2.